The van der Waals surface area contributed by atoms with Crippen molar-refractivity contribution in [3.8, 4) is 11.4 Å². The molecule has 0 unspecified atom stereocenters. The third kappa shape index (κ3) is 3.45. The summed E-state index contributed by atoms with van der Waals surface area (Å²) >= 11 is 6.80. The van der Waals surface area contributed by atoms with E-state index < -0.39 is 0 Å². The maximum atomic E-state index is 4.24. The van der Waals surface area contributed by atoms with Gasteiger partial charge in [-0.15, -0.1) is 0 Å². The predicted octanol–water partition coefficient (Wildman–Crippen LogP) is 3.67. The van der Waals surface area contributed by atoms with Crippen molar-refractivity contribution < 1.29 is 20.1 Å². The van der Waals surface area contributed by atoms with Crippen molar-refractivity contribution in [2.45, 2.75) is 0 Å². The van der Waals surface area contributed by atoms with Gasteiger partial charge in [-0.25, -0.2) is 0 Å². The number of pyridine rings is 2. The summed E-state index contributed by atoms with van der Waals surface area (Å²) in [6, 6.07) is 7.66. The van der Waals surface area contributed by atoms with Gasteiger partial charge < -0.3 is 0 Å². The van der Waals surface area contributed by atoms with Crippen molar-refractivity contribution >= 4 is 31.9 Å². The Balaban J connectivity index is 0.00000112. The Kier molecular flexibility index (Phi) is 5.06. The van der Waals surface area contributed by atoms with Gasteiger partial charge in [0.1, 0.15) is 0 Å². The molecule has 5 heteroatoms. The molecule has 2 nitrogen and oxygen atoms in total. The average Bonchev–Trinajstić information content (AvgIpc) is 2.18. The fourth-order valence-electron chi connectivity index (χ4n) is 1.09. The fourth-order valence-corrected chi connectivity index (χ4v) is 1.76. The summed E-state index contributed by atoms with van der Waals surface area (Å²) in [4.78, 5) is 8.48. The summed E-state index contributed by atoms with van der Waals surface area (Å²) in [7, 11) is 0. The summed E-state index contributed by atoms with van der Waals surface area (Å²) in [5.41, 5.74) is 1.72. The first-order chi connectivity index (χ1) is 6.75. The fraction of sp³-hybridized carbons (Fsp3) is 0. The normalized spacial score (nSPS) is 9.47. The van der Waals surface area contributed by atoms with Gasteiger partial charge in [-0.3, -0.25) is 9.97 Å². The van der Waals surface area contributed by atoms with Crippen LogP contribution in [-0.4, -0.2) is 9.97 Å². The Morgan fingerprint density at radius 1 is 0.800 bits per heavy atom. The molecule has 2 heterocycles. The van der Waals surface area contributed by atoms with Crippen LogP contribution in [0, 0.1) is 0 Å². The Bertz CT molecular complexity index is 419. The van der Waals surface area contributed by atoms with Gasteiger partial charge in [-0.05, 0) is 24.3 Å². The predicted molar refractivity (Wildman–Crippen MR) is 62.9 cm³/mol. The number of hydrogen-bond donors (Lipinski definition) is 0. The minimum atomic E-state index is 0. The Morgan fingerprint density at radius 3 is 1.53 bits per heavy atom. The molecule has 2 rings (SSSR count). The summed E-state index contributed by atoms with van der Waals surface area (Å²) in [6.07, 6.45) is 3.50. The second-order valence-electron chi connectivity index (χ2n) is 2.72. The molecule has 1 radical (unpaired) electrons. The zero-order valence-corrected chi connectivity index (χ0v) is 13.0. The molecule has 0 aromatic carbocycles. The smallest absolute Gasteiger partial charge is 0.0897 e. The Labute approximate surface area is 118 Å². The molecule has 0 saturated carbocycles. The van der Waals surface area contributed by atoms with Gasteiger partial charge in [-0.2, -0.15) is 0 Å². The first-order valence-electron chi connectivity index (χ1n) is 3.99. The van der Waals surface area contributed by atoms with Crippen LogP contribution in [-0.2, 0) is 20.1 Å². The van der Waals surface area contributed by atoms with Crippen LogP contribution in [0.5, 0.6) is 0 Å². The SMILES string of the molecule is Brc1ccnc(-c2cc(Br)ccn2)c1.[Ir]. The number of rotatable bonds is 1. The first kappa shape index (κ1) is 13.0. The van der Waals surface area contributed by atoms with Crippen LogP contribution in [0.2, 0.25) is 0 Å². The van der Waals surface area contributed by atoms with E-state index >= 15 is 0 Å². The van der Waals surface area contributed by atoms with Crippen LogP contribution in [0.15, 0.2) is 45.6 Å². The molecule has 0 aliphatic rings. The van der Waals surface area contributed by atoms with Gasteiger partial charge in [0, 0.05) is 41.4 Å². The molecule has 0 bridgehead atoms. The maximum Gasteiger partial charge on any atom is 0.0897 e. The van der Waals surface area contributed by atoms with Crippen LogP contribution < -0.4 is 0 Å². The van der Waals surface area contributed by atoms with Gasteiger partial charge >= 0.3 is 0 Å². The van der Waals surface area contributed by atoms with Gasteiger partial charge in [0.25, 0.3) is 0 Å². The molecule has 2 aromatic rings. The van der Waals surface area contributed by atoms with Gasteiger partial charge in [0.15, 0.2) is 0 Å². The maximum absolute atomic E-state index is 4.24. The Morgan fingerprint density at radius 2 is 1.20 bits per heavy atom. The molecule has 0 aliphatic carbocycles. The summed E-state index contributed by atoms with van der Waals surface area (Å²) in [5, 5.41) is 0. The van der Waals surface area contributed by atoms with Crippen LogP contribution >= 0.6 is 31.9 Å². The number of halogens is 2. The van der Waals surface area contributed by atoms with Crippen molar-refractivity contribution in [2.75, 3.05) is 0 Å². The average molecular weight is 506 g/mol. The number of hydrogen-bond acceptors (Lipinski definition) is 2. The molecule has 0 atom stereocenters. The quantitative estimate of drug-likeness (QED) is 0.591. The van der Waals surface area contributed by atoms with Gasteiger partial charge in [-0.1, -0.05) is 31.9 Å². The summed E-state index contributed by atoms with van der Waals surface area (Å²) in [5.74, 6) is 0. The van der Waals surface area contributed by atoms with E-state index in [0.717, 1.165) is 20.3 Å². The molecule has 79 valence electrons. The summed E-state index contributed by atoms with van der Waals surface area (Å²) < 4.78 is 2.01. The van der Waals surface area contributed by atoms with Crippen molar-refractivity contribution in [3.63, 3.8) is 0 Å². The second kappa shape index (κ2) is 5.85. The Hall–Kier alpha value is -0.0906. The van der Waals surface area contributed by atoms with E-state index in [-0.39, 0.29) is 20.1 Å². The van der Waals surface area contributed by atoms with Crippen molar-refractivity contribution in [1.82, 2.24) is 9.97 Å². The van der Waals surface area contributed by atoms with E-state index in [9.17, 15) is 0 Å². The zero-order chi connectivity index (χ0) is 9.97. The number of aromatic nitrogens is 2. The zero-order valence-electron chi connectivity index (χ0n) is 7.45. The standard InChI is InChI=1S/C10H6Br2N2.Ir/c11-7-1-3-13-9(5-7)10-6-8(12)2-4-14-10;/h1-6H;. The minimum absolute atomic E-state index is 0. The van der Waals surface area contributed by atoms with Crippen LogP contribution in [0.4, 0.5) is 0 Å². The largest absolute Gasteiger partial charge is 0.255 e. The molecule has 0 amide bonds. The van der Waals surface area contributed by atoms with E-state index in [1.165, 1.54) is 0 Å². The van der Waals surface area contributed by atoms with Gasteiger partial charge in [0.05, 0.1) is 11.4 Å². The van der Waals surface area contributed by atoms with E-state index in [2.05, 4.69) is 41.8 Å². The molecule has 2 aromatic heterocycles. The van der Waals surface area contributed by atoms with Crippen molar-refractivity contribution in [3.05, 3.63) is 45.6 Å². The van der Waals surface area contributed by atoms with Crippen LogP contribution in [0.25, 0.3) is 11.4 Å². The molecule has 0 fully saturated rings. The third-order valence-electron chi connectivity index (χ3n) is 1.71. The number of nitrogens with zero attached hydrogens (tertiary/aromatic N) is 2. The van der Waals surface area contributed by atoms with E-state index in [1.807, 2.05) is 24.3 Å². The molecular weight excluding hydrogens is 500 g/mol. The molecular formula is C10H6Br2IrN2. The molecule has 0 spiro atoms. The van der Waals surface area contributed by atoms with Gasteiger partial charge in [0.2, 0.25) is 0 Å². The van der Waals surface area contributed by atoms with Crippen molar-refractivity contribution in [1.29, 1.82) is 0 Å². The van der Waals surface area contributed by atoms with E-state index in [4.69, 9.17) is 0 Å². The second-order valence-corrected chi connectivity index (χ2v) is 4.55. The monoisotopic (exact) mass is 505 g/mol. The molecule has 15 heavy (non-hydrogen) atoms. The molecule has 0 aliphatic heterocycles. The first-order valence-corrected chi connectivity index (χ1v) is 5.58. The van der Waals surface area contributed by atoms with Crippen LogP contribution in [0.3, 0.4) is 0 Å². The topological polar surface area (TPSA) is 25.8 Å². The van der Waals surface area contributed by atoms with Crippen LogP contribution in [0.1, 0.15) is 0 Å². The minimum Gasteiger partial charge on any atom is -0.255 e. The molecule has 0 N–H and O–H groups in total. The molecule has 0 saturated heterocycles. The van der Waals surface area contributed by atoms with Crippen molar-refractivity contribution in [2.24, 2.45) is 0 Å². The van der Waals surface area contributed by atoms with E-state index in [1.54, 1.807) is 12.4 Å². The summed E-state index contributed by atoms with van der Waals surface area (Å²) in [6.45, 7) is 0. The third-order valence-corrected chi connectivity index (χ3v) is 2.69. The van der Waals surface area contributed by atoms with E-state index in [0.29, 0.717) is 0 Å².